The summed E-state index contributed by atoms with van der Waals surface area (Å²) in [4.78, 5) is 41.1. The first-order valence-electron chi connectivity index (χ1n) is 14.1. The largest absolute Gasteiger partial charge is 0.324 e. The van der Waals surface area contributed by atoms with Gasteiger partial charge in [-0.2, -0.15) is 9.78 Å². The molecule has 0 saturated carbocycles. The highest BCUT2D eigenvalue weighted by atomic mass is 35.5. The molecule has 0 bridgehead atoms. The van der Waals surface area contributed by atoms with E-state index in [0.717, 1.165) is 22.4 Å². The predicted octanol–water partition coefficient (Wildman–Crippen LogP) is 4.71. The lowest BCUT2D eigenvalue weighted by Crippen LogP contribution is -2.43. The zero-order valence-electron chi connectivity index (χ0n) is 23.9. The summed E-state index contributed by atoms with van der Waals surface area (Å²) in [6, 6.07) is 21.3. The van der Waals surface area contributed by atoms with Crippen molar-refractivity contribution in [1.82, 2.24) is 34.9 Å². The van der Waals surface area contributed by atoms with Crippen molar-refractivity contribution in [3.8, 4) is 5.69 Å². The number of aromatic nitrogens is 6. The quantitative estimate of drug-likeness (QED) is 0.176. The van der Waals surface area contributed by atoms with Gasteiger partial charge in [-0.3, -0.25) is 19.1 Å². The molecule has 3 aromatic carbocycles. The third-order valence-corrected chi connectivity index (χ3v) is 7.81. The molecule has 1 aliphatic heterocycles. The Hall–Kier alpha value is -5.22. The van der Waals surface area contributed by atoms with Crippen molar-refractivity contribution < 1.29 is 14.4 Å². The Morgan fingerprint density at radius 2 is 1.80 bits per heavy atom. The Kier molecular flexibility index (Phi) is 8.25. The number of benzene rings is 3. The molecule has 0 fully saturated rings. The van der Waals surface area contributed by atoms with E-state index in [-0.39, 0.29) is 23.9 Å². The normalized spacial score (nSPS) is 14.5. The van der Waals surface area contributed by atoms with Crippen LogP contribution in [0.1, 0.15) is 51.3 Å². The van der Waals surface area contributed by atoms with Gasteiger partial charge in [-0.25, -0.2) is 0 Å². The van der Waals surface area contributed by atoms with Crippen LogP contribution >= 0.6 is 11.6 Å². The van der Waals surface area contributed by atoms with Gasteiger partial charge in [0.2, 0.25) is 5.91 Å². The topological polar surface area (TPSA) is 116 Å². The van der Waals surface area contributed by atoms with Crippen molar-refractivity contribution in [2.75, 3.05) is 6.54 Å². The number of carbonyl (C=O) groups excluding carboxylic acids is 3. The molecule has 0 radical (unpaired) electrons. The molecule has 0 N–H and O–H groups in total. The monoisotopic (exact) mass is 605 g/mol. The maximum absolute atomic E-state index is 14.0. The van der Waals surface area contributed by atoms with E-state index in [1.54, 1.807) is 53.4 Å². The molecule has 11 heteroatoms. The van der Waals surface area contributed by atoms with E-state index < -0.39 is 6.04 Å². The fraction of sp³-hybridized carbons (Fsp3) is 0.182. The molecule has 10 nitrogen and oxygen atoms in total. The Morgan fingerprint density at radius 3 is 2.52 bits per heavy atom. The number of hydrogen-bond acceptors (Lipinski definition) is 7. The molecule has 44 heavy (non-hydrogen) atoms. The standard InChI is InChI=1S/C33H28ClN7O3/c1-22(42)25-9-7-23(8-10-25)17-31(43)33-28-20-39(19-24-5-3-2-4-6-24)36-29(28)15-16-40(33)32(44)14-11-26-18-27(34)12-13-30(26)41-21-35-37-38-41/h2-14,18,20-21,33H,15-17,19H2,1H3/b14-11+. The summed E-state index contributed by atoms with van der Waals surface area (Å²) in [5.41, 5.74) is 5.22. The number of rotatable bonds is 9. The van der Waals surface area contributed by atoms with E-state index in [9.17, 15) is 14.4 Å². The van der Waals surface area contributed by atoms with Crippen LogP contribution in [0.3, 0.4) is 0 Å². The van der Waals surface area contributed by atoms with Gasteiger partial charge in [-0.05, 0) is 52.8 Å². The summed E-state index contributed by atoms with van der Waals surface area (Å²) in [6.07, 6.45) is 7.04. The third-order valence-electron chi connectivity index (χ3n) is 7.57. The van der Waals surface area contributed by atoms with Crippen molar-refractivity contribution in [2.45, 2.75) is 32.4 Å². The number of ketones is 2. The summed E-state index contributed by atoms with van der Waals surface area (Å²) in [6.45, 7) is 2.38. The first-order chi connectivity index (χ1) is 21.4. The highest BCUT2D eigenvalue weighted by molar-refractivity contribution is 6.30. The van der Waals surface area contributed by atoms with Gasteiger partial charge < -0.3 is 4.90 Å². The van der Waals surface area contributed by atoms with E-state index in [0.29, 0.717) is 41.3 Å². The number of nitrogens with zero attached hydrogens (tertiary/aromatic N) is 7. The number of tetrazole rings is 1. The van der Waals surface area contributed by atoms with Gasteiger partial charge >= 0.3 is 0 Å². The summed E-state index contributed by atoms with van der Waals surface area (Å²) < 4.78 is 3.31. The number of amides is 1. The van der Waals surface area contributed by atoms with Crippen LogP contribution in [0.25, 0.3) is 11.8 Å². The van der Waals surface area contributed by atoms with Crippen LogP contribution in [0.15, 0.2) is 91.4 Å². The van der Waals surface area contributed by atoms with E-state index in [2.05, 4.69) is 15.5 Å². The molecule has 3 heterocycles. The maximum Gasteiger partial charge on any atom is 0.247 e. The molecule has 0 aliphatic carbocycles. The maximum atomic E-state index is 14.0. The third kappa shape index (κ3) is 6.25. The van der Waals surface area contributed by atoms with Crippen molar-refractivity contribution in [3.63, 3.8) is 0 Å². The lowest BCUT2D eigenvalue weighted by atomic mass is 9.92. The molecule has 1 aliphatic rings. The molecule has 6 rings (SSSR count). The lowest BCUT2D eigenvalue weighted by Gasteiger charge is -2.33. The van der Waals surface area contributed by atoms with Crippen LogP contribution in [0.2, 0.25) is 5.02 Å². The summed E-state index contributed by atoms with van der Waals surface area (Å²) in [5, 5.41) is 16.6. The highest BCUT2D eigenvalue weighted by Gasteiger charge is 2.37. The van der Waals surface area contributed by atoms with Crippen LogP contribution in [0, 0.1) is 0 Å². The van der Waals surface area contributed by atoms with Gasteiger partial charge in [0.15, 0.2) is 11.6 Å². The average Bonchev–Trinajstić information content (AvgIpc) is 3.70. The van der Waals surface area contributed by atoms with E-state index in [1.807, 2.05) is 41.2 Å². The lowest BCUT2D eigenvalue weighted by molar-refractivity contribution is -0.136. The fourth-order valence-corrected chi connectivity index (χ4v) is 5.59. The molecule has 1 unspecified atom stereocenters. The van der Waals surface area contributed by atoms with Crippen molar-refractivity contribution in [3.05, 3.63) is 130 Å². The Balaban J connectivity index is 1.31. The molecule has 2 aromatic heterocycles. The number of halogens is 1. The minimum Gasteiger partial charge on any atom is -0.324 e. The smallest absolute Gasteiger partial charge is 0.247 e. The minimum atomic E-state index is -0.828. The van der Waals surface area contributed by atoms with Crippen LogP contribution in [-0.4, -0.2) is 58.9 Å². The first kappa shape index (κ1) is 28.9. The Labute approximate surface area is 258 Å². The van der Waals surface area contributed by atoms with Crippen molar-refractivity contribution >= 4 is 35.2 Å². The second-order valence-electron chi connectivity index (χ2n) is 10.6. The number of Topliss-reactive ketones (excluding diaryl/α,β-unsaturated/α-hetero) is 2. The molecule has 0 spiro atoms. The average molecular weight is 606 g/mol. The first-order valence-corrected chi connectivity index (χ1v) is 14.5. The molecule has 1 atom stereocenters. The van der Waals surface area contributed by atoms with Gasteiger partial charge in [-0.1, -0.05) is 66.2 Å². The van der Waals surface area contributed by atoms with E-state index >= 15 is 0 Å². The Morgan fingerprint density at radius 1 is 1.00 bits per heavy atom. The zero-order chi connectivity index (χ0) is 30.6. The number of carbonyl (C=O) groups is 3. The minimum absolute atomic E-state index is 0.0443. The summed E-state index contributed by atoms with van der Waals surface area (Å²) >= 11 is 6.26. The molecule has 0 saturated heterocycles. The molecule has 220 valence electrons. The summed E-state index contributed by atoms with van der Waals surface area (Å²) in [5.74, 6) is -0.504. The van der Waals surface area contributed by atoms with Gasteiger partial charge in [0, 0.05) is 53.4 Å². The SMILES string of the molecule is CC(=O)c1ccc(CC(=O)C2c3cn(Cc4ccccc4)nc3CCN2C(=O)/C=C/c2cc(Cl)ccc2-n2cnnn2)cc1. The number of fused-ring (bicyclic) bond motifs is 1. The van der Waals surface area contributed by atoms with E-state index in [4.69, 9.17) is 16.7 Å². The van der Waals surface area contributed by atoms with Crippen LogP contribution in [-0.2, 0) is 29.0 Å². The van der Waals surface area contributed by atoms with Gasteiger partial charge in [0.25, 0.3) is 0 Å². The van der Waals surface area contributed by atoms with Gasteiger partial charge in [-0.15, -0.1) is 5.10 Å². The molecular weight excluding hydrogens is 578 g/mol. The van der Waals surface area contributed by atoms with Crippen LogP contribution in [0.4, 0.5) is 0 Å². The van der Waals surface area contributed by atoms with Crippen molar-refractivity contribution in [1.29, 1.82) is 0 Å². The van der Waals surface area contributed by atoms with Crippen LogP contribution < -0.4 is 0 Å². The second-order valence-corrected chi connectivity index (χ2v) is 11.0. The van der Waals surface area contributed by atoms with Crippen molar-refractivity contribution in [2.24, 2.45) is 0 Å². The van der Waals surface area contributed by atoms with Crippen LogP contribution in [0.5, 0.6) is 0 Å². The highest BCUT2D eigenvalue weighted by Crippen LogP contribution is 2.32. The second kappa shape index (κ2) is 12.6. The Bertz CT molecular complexity index is 1850. The summed E-state index contributed by atoms with van der Waals surface area (Å²) in [7, 11) is 0. The molecule has 5 aromatic rings. The molecular formula is C33H28ClN7O3. The van der Waals surface area contributed by atoms with E-state index in [1.165, 1.54) is 24.0 Å². The van der Waals surface area contributed by atoms with Gasteiger partial charge in [0.05, 0.1) is 17.9 Å². The fourth-order valence-electron chi connectivity index (χ4n) is 5.41. The zero-order valence-corrected chi connectivity index (χ0v) is 24.6. The molecule has 1 amide bonds. The number of hydrogen-bond donors (Lipinski definition) is 0. The predicted molar refractivity (Wildman–Crippen MR) is 164 cm³/mol. The van der Waals surface area contributed by atoms with Gasteiger partial charge in [0.1, 0.15) is 12.4 Å².